The molecule has 0 saturated carbocycles. The van der Waals surface area contributed by atoms with Gasteiger partial charge in [0.25, 0.3) is 0 Å². The summed E-state index contributed by atoms with van der Waals surface area (Å²) in [6.45, 7) is 6.49. The van der Waals surface area contributed by atoms with Gasteiger partial charge in [-0.1, -0.05) is 80.1 Å². The average molecular weight is 681 g/mol. The second-order valence-corrected chi connectivity index (χ2v) is 14.1. The number of rotatable bonds is 2. The Labute approximate surface area is 298 Å². The predicted molar refractivity (Wildman–Crippen MR) is 198 cm³/mol. The zero-order valence-electron chi connectivity index (χ0n) is 28.3. The first-order valence-electron chi connectivity index (χ1n) is 16.8. The SMILES string of the molecule is Cc1ccc(-c2ccc3c(c2)C(=NC#N)c2cc4c(cc2-3)C(C)(C)c2cc3c(cc2-4)C(=NC#N)c2cc(-c4ccc(C(F)(F)F)cc4)ccc2-3)cc1. The molecular weight excluding hydrogens is 654 g/mol. The van der Waals surface area contributed by atoms with Gasteiger partial charge in [0.2, 0.25) is 12.4 Å². The molecule has 0 aromatic heterocycles. The summed E-state index contributed by atoms with van der Waals surface area (Å²) in [5, 5.41) is 19.6. The third kappa shape index (κ3) is 4.53. The molecule has 4 nitrogen and oxygen atoms in total. The molecule has 7 heteroatoms. The molecule has 0 radical (unpaired) electrons. The Hall–Kier alpha value is -6.57. The average Bonchev–Trinajstić information content (AvgIpc) is 3.69. The number of fused-ring (bicyclic) bond motifs is 9. The topological polar surface area (TPSA) is 72.3 Å². The van der Waals surface area contributed by atoms with Crippen molar-refractivity contribution in [3.63, 3.8) is 0 Å². The Morgan fingerprint density at radius 1 is 0.481 bits per heavy atom. The van der Waals surface area contributed by atoms with Crippen LogP contribution in [0.2, 0.25) is 0 Å². The Kier molecular flexibility index (Phi) is 6.62. The van der Waals surface area contributed by atoms with Crippen molar-refractivity contribution in [1.29, 1.82) is 10.5 Å². The molecule has 3 aliphatic carbocycles. The molecule has 9 rings (SSSR count). The van der Waals surface area contributed by atoms with Gasteiger partial charge in [0.1, 0.15) is 0 Å². The van der Waals surface area contributed by atoms with Crippen molar-refractivity contribution in [1.82, 2.24) is 0 Å². The molecule has 0 spiro atoms. The van der Waals surface area contributed by atoms with Gasteiger partial charge in [-0.3, -0.25) is 0 Å². The summed E-state index contributed by atoms with van der Waals surface area (Å²) in [6.07, 6.45) is -0.400. The highest BCUT2D eigenvalue weighted by atomic mass is 19.4. The molecule has 0 N–H and O–H groups in total. The molecule has 52 heavy (non-hydrogen) atoms. The second kappa shape index (κ2) is 11.0. The van der Waals surface area contributed by atoms with Gasteiger partial charge >= 0.3 is 6.18 Å². The van der Waals surface area contributed by atoms with E-state index in [9.17, 15) is 23.7 Å². The first-order chi connectivity index (χ1) is 25.0. The molecule has 6 aromatic rings. The maximum absolute atomic E-state index is 13.2. The summed E-state index contributed by atoms with van der Waals surface area (Å²) in [5.41, 5.74) is 16.5. The van der Waals surface area contributed by atoms with Crippen molar-refractivity contribution in [2.24, 2.45) is 9.98 Å². The van der Waals surface area contributed by atoms with Crippen molar-refractivity contribution >= 4 is 11.4 Å². The fraction of sp³-hybridized carbons (Fsp3) is 0.111. The van der Waals surface area contributed by atoms with Crippen LogP contribution >= 0.6 is 0 Å². The van der Waals surface area contributed by atoms with Gasteiger partial charge in [-0.15, -0.1) is 0 Å². The highest BCUT2D eigenvalue weighted by Gasteiger charge is 2.41. The van der Waals surface area contributed by atoms with Gasteiger partial charge in [0.15, 0.2) is 0 Å². The number of hydrogen-bond donors (Lipinski definition) is 0. The molecule has 0 aliphatic heterocycles. The van der Waals surface area contributed by atoms with E-state index in [1.807, 2.05) is 30.6 Å². The summed E-state index contributed by atoms with van der Waals surface area (Å²) in [5.74, 6) is 0. The third-order valence-corrected chi connectivity index (χ3v) is 10.8. The number of aliphatic imine (C=N–C) groups is 2. The van der Waals surface area contributed by atoms with E-state index >= 15 is 0 Å². The number of nitriles is 2. The van der Waals surface area contributed by atoms with Gasteiger partial charge in [-0.25, -0.2) is 0 Å². The fourth-order valence-electron chi connectivity index (χ4n) is 8.20. The summed E-state index contributed by atoms with van der Waals surface area (Å²) in [6, 6.07) is 34.3. The number of benzene rings is 6. The highest BCUT2D eigenvalue weighted by molar-refractivity contribution is 6.27. The van der Waals surface area contributed by atoms with Crippen LogP contribution in [0.4, 0.5) is 13.2 Å². The highest BCUT2D eigenvalue weighted by Crippen LogP contribution is 2.55. The van der Waals surface area contributed by atoms with Crippen LogP contribution < -0.4 is 0 Å². The molecule has 0 fully saturated rings. The third-order valence-electron chi connectivity index (χ3n) is 10.8. The van der Waals surface area contributed by atoms with E-state index in [0.717, 1.165) is 95.6 Å². The summed E-state index contributed by atoms with van der Waals surface area (Å²) in [7, 11) is 0. The fourth-order valence-corrected chi connectivity index (χ4v) is 8.20. The zero-order valence-corrected chi connectivity index (χ0v) is 28.3. The first kappa shape index (κ1) is 31.4. The van der Waals surface area contributed by atoms with Crippen LogP contribution in [-0.2, 0) is 11.6 Å². The maximum atomic E-state index is 13.2. The van der Waals surface area contributed by atoms with Crippen LogP contribution in [0.3, 0.4) is 0 Å². The molecule has 3 aliphatic rings. The number of nitrogens with zero attached hydrogens (tertiary/aromatic N) is 4. The van der Waals surface area contributed by atoms with Gasteiger partial charge in [-0.2, -0.15) is 33.7 Å². The van der Waals surface area contributed by atoms with Crippen LogP contribution in [0.15, 0.2) is 119 Å². The Balaban J connectivity index is 1.16. The van der Waals surface area contributed by atoms with E-state index in [2.05, 4.69) is 97.5 Å². The van der Waals surface area contributed by atoms with Crippen molar-refractivity contribution in [2.45, 2.75) is 32.4 Å². The zero-order chi connectivity index (χ0) is 36.1. The van der Waals surface area contributed by atoms with E-state index in [1.165, 1.54) is 17.7 Å². The van der Waals surface area contributed by atoms with E-state index in [1.54, 1.807) is 0 Å². The van der Waals surface area contributed by atoms with E-state index in [-0.39, 0.29) is 5.41 Å². The quantitative estimate of drug-likeness (QED) is 0.170. The van der Waals surface area contributed by atoms with E-state index < -0.39 is 11.7 Å². The van der Waals surface area contributed by atoms with Crippen LogP contribution in [-0.4, -0.2) is 11.4 Å². The molecule has 248 valence electrons. The standard InChI is InChI=1S/C45H27F3N4/c1-24-4-6-25(7-5-24)27-10-14-30-32-20-40-34(18-38(32)42(51-22-49)36(30)16-27)35-19-39-33(21-41(35)44(40,2)3)31-15-11-28(17-37(31)43(39)52-23-50)26-8-12-29(13-9-26)45(46,47)48/h4-21H,1-3H3. The van der Waals surface area contributed by atoms with Gasteiger partial charge < -0.3 is 0 Å². The number of aryl methyl sites for hydroxylation is 1. The van der Waals surface area contributed by atoms with Crippen molar-refractivity contribution in [3.05, 3.63) is 154 Å². The molecule has 0 atom stereocenters. The lowest BCUT2D eigenvalue weighted by Crippen LogP contribution is -2.15. The minimum Gasteiger partial charge on any atom is -0.172 e. The van der Waals surface area contributed by atoms with Crippen LogP contribution in [0.5, 0.6) is 0 Å². The molecule has 0 bridgehead atoms. The normalized spacial score (nSPS) is 15.7. The molecule has 0 amide bonds. The molecule has 0 saturated heterocycles. The Morgan fingerprint density at radius 2 is 0.885 bits per heavy atom. The Morgan fingerprint density at radius 3 is 1.31 bits per heavy atom. The first-order valence-corrected chi connectivity index (χ1v) is 16.8. The maximum Gasteiger partial charge on any atom is 0.416 e. The molecule has 6 aromatic carbocycles. The van der Waals surface area contributed by atoms with Crippen LogP contribution in [0, 0.1) is 29.8 Å². The van der Waals surface area contributed by atoms with E-state index in [4.69, 9.17) is 0 Å². The van der Waals surface area contributed by atoms with Crippen molar-refractivity contribution in [2.75, 3.05) is 0 Å². The van der Waals surface area contributed by atoms with Gasteiger partial charge in [0, 0.05) is 27.7 Å². The summed E-state index contributed by atoms with van der Waals surface area (Å²) < 4.78 is 39.7. The van der Waals surface area contributed by atoms with Crippen LogP contribution in [0.1, 0.15) is 58.4 Å². The van der Waals surface area contributed by atoms with Gasteiger partial charge in [0.05, 0.1) is 17.0 Å². The van der Waals surface area contributed by atoms with E-state index in [0.29, 0.717) is 17.0 Å². The van der Waals surface area contributed by atoms with Crippen molar-refractivity contribution < 1.29 is 13.2 Å². The second-order valence-electron chi connectivity index (χ2n) is 14.1. The lowest BCUT2D eigenvalue weighted by Gasteiger charge is -2.23. The largest absolute Gasteiger partial charge is 0.416 e. The smallest absolute Gasteiger partial charge is 0.172 e. The molecule has 0 unspecified atom stereocenters. The minimum absolute atomic E-state index is 0.374. The van der Waals surface area contributed by atoms with Gasteiger partial charge in [-0.05, 0) is 122 Å². The monoisotopic (exact) mass is 680 g/mol. The molecular formula is C45H27F3N4. The minimum atomic E-state index is -4.42. The summed E-state index contributed by atoms with van der Waals surface area (Å²) >= 11 is 0. The Bertz CT molecular complexity index is 2700. The molecule has 0 heterocycles. The lowest BCUT2D eigenvalue weighted by molar-refractivity contribution is -0.137. The summed E-state index contributed by atoms with van der Waals surface area (Å²) in [4.78, 5) is 8.64. The lowest BCUT2D eigenvalue weighted by atomic mass is 9.80. The number of halogens is 3. The van der Waals surface area contributed by atoms with Crippen molar-refractivity contribution in [3.8, 4) is 68.0 Å². The number of alkyl halides is 3. The predicted octanol–water partition coefficient (Wildman–Crippen LogP) is 11.3. The number of hydrogen-bond acceptors (Lipinski definition) is 4. The van der Waals surface area contributed by atoms with Crippen LogP contribution in [0.25, 0.3) is 55.6 Å².